The van der Waals surface area contributed by atoms with Crippen LogP contribution in [0.1, 0.15) is 23.9 Å². The number of fused-ring (bicyclic) bond motifs is 2. The van der Waals surface area contributed by atoms with Crippen molar-refractivity contribution >= 4 is 0 Å². The van der Waals surface area contributed by atoms with E-state index in [2.05, 4.69) is 20.9 Å². The van der Waals surface area contributed by atoms with Crippen molar-refractivity contribution in [2.24, 2.45) is 0 Å². The Morgan fingerprint density at radius 2 is 2.00 bits per heavy atom. The van der Waals surface area contributed by atoms with E-state index >= 15 is 0 Å². The van der Waals surface area contributed by atoms with E-state index in [0.29, 0.717) is 12.2 Å². The lowest BCUT2D eigenvalue weighted by molar-refractivity contribution is -0.185. The lowest BCUT2D eigenvalue weighted by Gasteiger charge is -2.48. The molecule has 1 aromatic rings. The van der Waals surface area contributed by atoms with Crippen molar-refractivity contribution in [3.05, 3.63) is 23.8 Å². The van der Waals surface area contributed by atoms with Gasteiger partial charge >= 0.3 is 0 Å². The fourth-order valence-electron chi connectivity index (χ4n) is 2.51. The molecule has 3 unspecified atom stereocenters. The summed E-state index contributed by atoms with van der Waals surface area (Å²) in [6.45, 7) is 3.51. The third kappa shape index (κ3) is 1.90. The van der Waals surface area contributed by atoms with Crippen molar-refractivity contribution in [2.75, 3.05) is 13.1 Å². The van der Waals surface area contributed by atoms with Crippen LogP contribution in [0.3, 0.4) is 0 Å². The SMILES string of the molecule is Cc1ncc(C(C#N)N2CC3CC(C2)O3)cn1. The fraction of sp³-hybridized carbons (Fsp3) is 0.583. The fourth-order valence-corrected chi connectivity index (χ4v) is 2.51. The van der Waals surface area contributed by atoms with Gasteiger partial charge in [0, 0.05) is 37.5 Å². The van der Waals surface area contributed by atoms with Crippen LogP contribution < -0.4 is 0 Å². The van der Waals surface area contributed by atoms with Gasteiger partial charge in [-0.15, -0.1) is 0 Å². The minimum absolute atomic E-state index is 0.246. The van der Waals surface area contributed by atoms with Crippen LogP contribution in [0.2, 0.25) is 0 Å². The molecule has 3 saturated heterocycles. The van der Waals surface area contributed by atoms with Gasteiger partial charge in [-0.2, -0.15) is 5.26 Å². The van der Waals surface area contributed by atoms with Crippen molar-refractivity contribution in [1.29, 1.82) is 5.26 Å². The van der Waals surface area contributed by atoms with Crippen molar-refractivity contribution in [1.82, 2.24) is 14.9 Å². The summed E-state index contributed by atoms with van der Waals surface area (Å²) in [5.74, 6) is 0.732. The first kappa shape index (κ1) is 10.6. The van der Waals surface area contributed by atoms with E-state index < -0.39 is 0 Å². The molecule has 4 heterocycles. The van der Waals surface area contributed by atoms with Gasteiger partial charge in [-0.25, -0.2) is 9.97 Å². The largest absolute Gasteiger partial charge is 0.372 e. The minimum atomic E-state index is -0.246. The van der Waals surface area contributed by atoms with Crippen LogP contribution in [0.25, 0.3) is 0 Å². The number of nitriles is 1. The monoisotopic (exact) mass is 230 g/mol. The van der Waals surface area contributed by atoms with E-state index in [-0.39, 0.29) is 6.04 Å². The zero-order valence-electron chi connectivity index (χ0n) is 9.71. The van der Waals surface area contributed by atoms with Gasteiger partial charge in [0.25, 0.3) is 0 Å². The van der Waals surface area contributed by atoms with Crippen LogP contribution in [-0.4, -0.2) is 40.2 Å². The van der Waals surface area contributed by atoms with Crippen LogP contribution in [-0.2, 0) is 4.74 Å². The lowest BCUT2D eigenvalue weighted by Crippen LogP contribution is -2.57. The normalized spacial score (nSPS) is 29.2. The summed E-state index contributed by atoms with van der Waals surface area (Å²) in [5.41, 5.74) is 0.874. The number of aromatic nitrogens is 2. The Morgan fingerprint density at radius 3 is 2.53 bits per heavy atom. The van der Waals surface area contributed by atoms with Gasteiger partial charge in [-0.1, -0.05) is 0 Å². The Kier molecular flexibility index (Phi) is 2.54. The molecule has 0 amide bonds. The van der Waals surface area contributed by atoms with E-state index in [1.165, 1.54) is 0 Å². The van der Waals surface area contributed by atoms with Gasteiger partial charge in [0.15, 0.2) is 0 Å². The zero-order chi connectivity index (χ0) is 11.8. The zero-order valence-corrected chi connectivity index (χ0v) is 9.71. The molecule has 0 radical (unpaired) electrons. The topological polar surface area (TPSA) is 62.0 Å². The summed E-state index contributed by atoms with van der Waals surface area (Å²) in [6, 6.07) is 2.09. The van der Waals surface area contributed by atoms with Gasteiger partial charge in [0.1, 0.15) is 11.9 Å². The number of hydrogen-bond donors (Lipinski definition) is 0. The molecule has 17 heavy (non-hydrogen) atoms. The quantitative estimate of drug-likeness (QED) is 0.752. The first-order valence-corrected chi connectivity index (χ1v) is 5.84. The van der Waals surface area contributed by atoms with E-state index in [1.54, 1.807) is 12.4 Å². The average Bonchev–Trinajstić information content (AvgIpc) is 2.32. The molecule has 3 fully saturated rings. The van der Waals surface area contributed by atoms with Crippen LogP contribution >= 0.6 is 0 Å². The molecule has 0 N–H and O–H groups in total. The molecule has 0 saturated carbocycles. The second-order valence-electron chi connectivity index (χ2n) is 4.66. The van der Waals surface area contributed by atoms with Crippen LogP contribution in [0.5, 0.6) is 0 Å². The number of piperidine rings is 1. The predicted octanol–water partition coefficient (Wildman–Crippen LogP) is 0.823. The molecule has 0 spiro atoms. The molecule has 5 nitrogen and oxygen atoms in total. The summed E-state index contributed by atoms with van der Waals surface area (Å²) in [5, 5.41) is 9.31. The van der Waals surface area contributed by atoms with Gasteiger partial charge in [0.2, 0.25) is 0 Å². The van der Waals surface area contributed by atoms with Gasteiger partial charge in [-0.05, 0) is 6.92 Å². The molecule has 0 aliphatic carbocycles. The third-order valence-corrected chi connectivity index (χ3v) is 3.39. The number of morpholine rings is 1. The van der Waals surface area contributed by atoms with Gasteiger partial charge in [0.05, 0.1) is 18.3 Å². The first-order chi connectivity index (χ1) is 8.26. The van der Waals surface area contributed by atoms with E-state index in [9.17, 15) is 5.26 Å². The van der Waals surface area contributed by atoms with Crippen molar-refractivity contribution in [3.8, 4) is 6.07 Å². The Balaban J connectivity index is 1.79. The number of rotatable bonds is 2. The summed E-state index contributed by atoms with van der Waals surface area (Å²) in [4.78, 5) is 10.5. The third-order valence-electron chi connectivity index (χ3n) is 3.39. The molecule has 3 aliphatic rings. The van der Waals surface area contributed by atoms with Crippen molar-refractivity contribution < 1.29 is 4.74 Å². The Morgan fingerprint density at radius 1 is 1.41 bits per heavy atom. The number of aryl methyl sites for hydroxylation is 1. The van der Waals surface area contributed by atoms with E-state index in [1.807, 2.05) is 6.92 Å². The number of nitrogens with zero attached hydrogens (tertiary/aromatic N) is 4. The Bertz CT molecular complexity index is 437. The second-order valence-corrected chi connectivity index (χ2v) is 4.66. The molecule has 2 bridgehead atoms. The Labute approximate surface area is 100 Å². The predicted molar refractivity (Wildman–Crippen MR) is 60.0 cm³/mol. The molecule has 4 rings (SSSR count). The highest BCUT2D eigenvalue weighted by atomic mass is 16.5. The molecular formula is C12H14N4O. The van der Waals surface area contributed by atoms with Gasteiger partial charge < -0.3 is 4.74 Å². The van der Waals surface area contributed by atoms with Crippen molar-refractivity contribution in [2.45, 2.75) is 31.6 Å². The summed E-state index contributed by atoms with van der Waals surface area (Å²) >= 11 is 0. The molecule has 0 aromatic carbocycles. The Hall–Kier alpha value is -1.51. The maximum Gasteiger partial charge on any atom is 0.127 e. The van der Waals surface area contributed by atoms with Crippen LogP contribution in [0.4, 0.5) is 0 Å². The molecule has 5 heteroatoms. The average molecular weight is 230 g/mol. The highest BCUT2D eigenvalue weighted by Crippen LogP contribution is 2.32. The number of ether oxygens (including phenoxy) is 1. The van der Waals surface area contributed by atoms with Crippen LogP contribution in [0, 0.1) is 18.3 Å². The molecule has 1 aromatic heterocycles. The lowest BCUT2D eigenvalue weighted by atomic mass is 9.96. The van der Waals surface area contributed by atoms with Crippen molar-refractivity contribution in [3.63, 3.8) is 0 Å². The molecule has 3 aliphatic heterocycles. The number of hydrogen-bond acceptors (Lipinski definition) is 5. The highest BCUT2D eigenvalue weighted by molar-refractivity contribution is 5.19. The highest BCUT2D eigenvalue weighted by Gasteiger charge is 2.41. The maximum absolute atomic E-state index is 9.31. The molecule has 88 valence electrons. The first-order valence-electron chi connectivity index (χ1n) is 5.84. The van der Waals surface area contributed by atoms with E-state index in [4.69, 9.17) is 4.74 Å². The summed E-state index contributed by atoms with van der Waals surface area (Å²) in [7, 11) is 0. The molecular weight excluding hydrogens is 216 g/mol. The maximum atomic E-state index is 9.31. The smallest absolute Gasteiger partial charge is 0.127 e. The minimum Gasteiger partial charge on any atom is -0.372 e. The standard InChI is InChI=1S/C12H14N4O/c1-8-14-4-9(5-15-8)12(3-13)16-6-10-2-11(7-16)17-10/h4-5,10-12H,2,6-7H2,1H3. The van der Waals surface area contributed by atoms with E-state index in [0.717, 1.165) is 30.9 Å². The summed E-state index contributed by atoms with van der Waals surface area (Å²) in [6.07, 6.45) is 5.26. The summed E-state index contributed by atoms with van der Waals surface area (Å²) < 4.78 is 5.57. The molecule has 3 atom stereocenters. The van der Waals surface area contributed by atoms with Crippen LogP contribution in [0.15, 0.2) is 12.4 Å². The van der Waals surface area contributed by atoms with Gasteiger partial charge in [-0.3, -0.25) is 4.90 Å². The second kappa shape index (κ2) is 4.06.